The lowest BCUT2D eigenvalue weighted by molar-refractivity contribution is -0.0820. The smallest absolute Gasteiger partial charge is 0.212 e. The van der Waals surface area contributed by atoms with E-state index in [9.17, 15) is 17.6 Å². The van der Waals surface area contributed by atoms with Crippen LogP contribution in [0.15, 0.2) is 24.1 Å². The standard InChI is InChI=1S/C26H40F4/c1-2-3-19-6-12-22(13-7-19)23-14-8-20(9-15-23)4-5-21-10-16-24(17-11-21)25(27)18-26(28,29)30/h4-5,18-24H,2-3,6-17H2,1H3. The minimum Gasteiger partial charge on any atom is -0.212 e. The summed E-state index contributed by atoms with van der Waals surface area (Å²) in [5.74, 6) is 2.42. The van der Waals surface area contributed by atoms with Crippen LogP contribution in [0.1, 0.15) is 96.8 Å². The van der Waals surface area contributed by atoms with Gasteiger partial charge in [0.2, 0.25) is 0 Å². The van der Waals surface area contributed by atoms with Crippen molar-refractivity contribution in [3.05, 3.63) is 24.1 Å². The predicted molar refractivity (Wildman–Crippen MR) is 116 cm³/mol. The molecule has 3 fully saturated rings. The lowest BCUT2D eigenvalue weighted by Gasteiger charge is -2.37. The predicted octanol–water partition coefficient (Wildman–Crippen LogP) is 9.18. The van der Waals surface area contributed by atoms with Gasteiger partial charge in [-0.3, -0.25) is 0 Å². The van der Waals surface area contributed by atoms with Crippen LogP contribution in [0.3, 0.4) is 0 Å². The Labute approximate surface area is 180 Å². The zero-order chi connectivity index (χ0) is 21.6. The van der Waals surface area contributed by atoms with E-state index >= 15 is 0 Å². The monoisotopic (exact) mass is 428 g/mol. The normalized spacial score (nSPS) is 36.9. The lowest BCUT2D eigenvalue weighted by atomic mass is 9.68. The van der Waals surface area contributed by atoms with E-state index in [-0.39, 0.29) is 6.08 Å². The van der Waals surface area contributed by atoms with E-state index in [1.807, 2.05) is 0 Å². The van der Waals surface area contributed by atoms with E-state index in [1.54, 1.807) is 0 Å². The highest BCUT2D eigenvalue weighted by Crippen LogP contribution is 2.43. The van der Waals surface area contributed by atoms with Gasteiger partial charge in [-0.1, -0.05) is 44.8 Å². The third-order valence-corrected chi connectivity index (χ3v) is 8.19. The summed E-state index contributed by atoms with van der Waals surface area (Å²) >= 11 is 0. The summed E-state index contributed by atoms with van der Waals surface area (Å²) in [6.07, 6.45) is 16.4. The summed E-state index contributed by atoms with van der Waals surface area (Å²) in [4.78, 5) is 0. The first-order valence-electron chi connectivity index (χ1n) is 12.5. The summed E-state index contributed by atoms with van der Waals surface area (Å²) in [6, 6.07) is 0. The summed E-state index contributed by atoms with van der Waals surface area (Å²) in [6.45, 7) is 2.30. The van der Waals surface area contributed by atoms with Crippen LogP contribution in [-0.4, -0.2) is 6.18 Å². The maximum Gasteiger partial charge on any atom is 0.412 e. The van der Waals surface area contributed by atoms with Crippen molar-refractivity contribution in [2.75, 3.05) is 0 Å². The summed E-state index contributed by atoms with van der Waals surface area (Å²) in [5.41, 5.74) is 0. The average Bonchev–Trinajstić information content (AvgIpc) is 2.73. The quantitative estimate of drug-likeness (QED) is 0.292. The van der Waals surface area contributed by atoms with Gasteiger partial charge in [0.05, 0.1) is 6.08 Å². The minimum absolute atomic E-state index is 0.150. The Kier molecular flexibility index (Phi) is 8.89. The van der Waals surface area contributed by atoms with Gasteiger partial charge in [-0.15, -0.1) is 0 Å². The molecule has 0 radical (unpaired) electrons. The molecule has 0 heterocycles. The van der Waals surface area contributed by atoms with E-state index in [4.69, 9.17) is 0 Å². The van der Waals surface area contributed by atoms with E-state index in [1.165, 1.54) is 64.2 Å². The number of rotatable bonds is 6. The molecular formula is C26H40F4. The summed E-state index contributed by atoms with van der Waals surface area (Å²) < 4.78 is 50.8. The van der Waals surface area contributed by atoms with Gasteiger partial charge in [-0.2, -0.15) is 13.2 Å². The topological polar surface area (TPSA) is 0 Å². The third-order valence-electron chi connectivity index (χ3n) is 8.19. The van der Waals surface area contributed by atoms with Gasteiger partial charge in [0.25, 0.3) is 0 Å². The fourth-order valence-electron chi connectivity index (χ4n) is 6.34. The van der Waals surface area contributed by atoms with Crippen LogP contribution in [-0.2, 0) is 0 Å². The second-order valence-electron chi connectivity index (χ2n) is 10.3. The van der Waals surface area contributed by atoms with Crippen molar-refractivity contribution in [3.63, 3.8) is 0 Å². The summed E-state index contributed by atoms with van der Waals surface area (Å²) in [7, 11) is 0. The van der Waals surface area contributed by atoms with Gasteiger partial charge in [-0.05, 0) is 93.8 Å². The van der Waals surface area contributed by atoms with Gasteiger partial charge in [-0.25, -0.2) is 4.39 Å². The van der Waals surface area contributed by atoms with Crippen molar-refractivity contribution >= 4 is 0 Å². The first-order chi connectivity index (χ1) is 14.3. The molecule has 172 valence electrons. The van der Waals surface area contributed by atoms with Crippen LogP contribution < -0.4 is 0 Å². The molecule has 0 atom stereocenters. The Balaban J connectivity index is 1.35. The van der Waals surface area contributed by atoms with Gasteiger partial charge in [0.15, 0.2) is 0 Å². The van der Waals surface area contributed by atoms with Crippen LogP contribution in [0.4, 0.5) is 17.6 Å². The highest BCUT2D eigenvalue weighted by molar-refractivity contribution is 5.05. The van der Waals surface area contributed by atoms with Crippen molar-refractivity contribution in [1.29, 1.82) is 0 Å². The average molecular weight is 429 g/mol. The number of hydrogen-bond acceptors (Lipinski definition) is 0. The molecule has 0 amide bonds. The molecule has 0 unspecified atom stereocenters. The molecule has 0 aliphatic heterocycles. The Morgan fingerprint density at radius 3 is 1.67 bits per heavy atom. The number of hydrogen-bond donors (Lipinski definition) is 0. The maximum absolute atomic E-state index is 13.8. The highest BCUT2D eigenvalue weighted by Gasteiger charge is 2.31. The fourth-order valence-corrected chi connectivity index (χ4v) is 6.34. The molecule has 0 N–H and O–H groups in total. The van der Waals surface area contributed by atoms with E-state index < -0.39 is 17.9 Å². The van der Waals surface area contributed by atoms with Gasteiger partial charge in [0.1, 0.15) is 5.83 Å². The van der Waals surface area contributed by atoms with Crippen LogP contribution in [0.5, 0.6) is 0 Å². The molecule has 0 saturated heterocycles. The van der Waals surface area contributed by atoms with E-state index in [2.05, 4.69) is 19.1 Å². The first-order valence-corrected chi connectivity index (χ1v) is 12.5. The molecule has 3 aliphatic carbocycles. The summed E-state index contributed by atoms with van der Waals surface area (Å²) in [5, 5.41) is 0. The molecule has 3 saturated carbocycles. The van der Waals surface area contributed by atoms with Crippen LogP contribution in [0.25, 0.3) is 0 Å². The van der Waals surface area contributed by atoms with Crippen LogP contribution >= 0.6 is 0 Å². The number of alkyl halides is 3. The minimum atomic E-state index is -4.55. The third kappa shape index (κ3) is 7.41. The molecular weight excluding hydrogens is 388 g/mol. The Bertz CT molecular complexity index is 552. The largest absolute Gasteiger partial charge is 0.412 e. The fraction of sp³-hybridized carbons (Fsp3) is 0.846. The number of allylic oxidation sites excluding steroid dienone is 4. The molecule has 0 spiro atoms. The molecule has 0 aromatic heterocycles. The second-order valence-corrected chi connectivity index (χ2v) is 10.3. The van der Waals surface area contributed by atoms with E-state index in [0.29, 0.717) is 24.7 Å². The van der Waals surface area contributed by atoms with Crippen LogP contribution in [0.2, 0.25) is 0 Å². The molecule has 3 aliphatic rings. The number of halogens is 4. The van der Waals surface area contributed by atoms with Crippen molar-refractivity contribution in [2.24, 2.45) is 35.5 Å². The van der Waals surface area contributed by atoms with Crippen LogP contribution in [0, 0.1) is 35.5 Å². The van der Waals surface area contributed by atoms with Gasteiger partial charge in [0, 0.05) is 5.92 Å². The van der Waals surface area contributed by atoms with Crippen molar-refractivity contribution < 1.29 is 17.6 Å². The highest BCUT2D eigenvalue weighted by atomic mass is 19.4. The Morgan fingerprint density at radius 2 is 1.20 bits per heavy atom. The molecule has 0 bridgehead atoms. The van der Waals surface area contributed by atoms with Gasteiger partial charge >= 0.3 is 6.18 Å². The first kappa shape index (κ1) is 23.9. The lowest BCUT2D eigenvalue weighted by Crippen LogP contribution is -2.25. The second kappa shape index (κ2) is 11.2. The zero-order valence-electron chi connectivity index (χ0n) is 18.6. The van der Waals surface area contributed by atoms with Crippen molar-refractivity contribution in [1.82, 2.24) is 0 Å². The molecule has 0 aromatic carbocycles. The Morgan fingerprint density at radius 1 is 0.733 bits per heavy atom. The molecule has 30 heavy (non-hydrogen) atoms. The molecule has 3 rings (SSSR count). The van der Waals surface area contributed by atoms with Crippen molar-refractivity contribution in [3.8, 4) is 0 Å². The SMILES string of the molecule is CCCC1CCC(C2CCC(C=CC3CCC(C(F)=CC(F)(F)F)CC3)CC2)CC1. The van der Waals surface area contributed by atoms with Crippen molar-refractivity contribution in [2.45, 2.75) is 103 Å². The Hall–Kier alpha value is -0.800. The van der Waals surface area contributed by atoms with E-state index in [0.717, 1.165) is 30.6 Å². The zero-order valence-corrected chi connectivity index (χ0v) is 18.6. The maximum atomic E-state index is 13.8. The molecule has 0 aromatic rings. The van der Waals surface area contributed by atoms with Gasteiger partial charge < -0.3 is 0 Å². The molecule has 0 nitrogen and oxygen atoms in total. The molecule has 4 heteroatoms.